The summed E-state index contributed by atoms with van der Waals surface area (Å²) in [4.78, 5) is 9.59. The lowest BCUT2D eigenvalue weighted by Crippen LogP contribution is -2.01. The van der Waals surface area contributed by atoms with Gasteiger partial charge in [0.15, 0.2) is 0 Å². The van der Waals surface area contributed by atoms with E-state index in [1.54, 1.807) is 0 Å². The molecule has 2 aliphatic rings. The van der Waals surface area contributed by atoms with Gasteiger partial charge in [0.05, 0.1) is 18.3 Å². The van der Waals surface area contributed by atoms with Crippen molar-refractivity contribution in [2.24, 2.45) is 0 Å². The van der Waals surface area contributed by atoms with Crippen LogP contribution in [0.25, 0.3) is 0 Å². The molecule has 0 saturated carbocycles. The van der Waals surface area contributed by atoms with Crippen molar-refractivity contribution in [2.45, 2.75) is 45.3 Å². The Morgan fingerprint density at radius 2 is 2.00 bits per heavy atom. The van der Waals surface area contributed by atoms with Crippen LogP contribution in [-0.2, 0) is 14.3 Å². The molecule has 0 bridgehead atoms. The Bertz CT molecular complexity index is 198. The first-order valence-corrected chi connectivity index (χ1v) is 4.80. The highest BCUT2D eigenvalue weighted by atomic mass is 16.6. The molecule has 3 heteroatoms. The molecule has 2 unspecified atom stereocenters. The van der Waals surface area contributed by atoms with Crippen molar-refractivity contribution in [3.63, 3.8) is 0 Å². The van der Waals surface area contributed by atoms with Gasteiger partial charge in [0, 0.05) is 0 Å². The molecule has 2 aliphatic heterocycles. The minimum absolute atomic E-state index is 0.245. The molecule has 0 amide bonds. The second-order valence-corrected chi connectivity index (χ2v) is 3.15. The number of hydrogen-bond donors (Lipinski definition) is 0. The van der Waals surface area contributed by atoms with Crippen LogP contribution in [0.3, 0.4) is 0 Å². The summed E-state index contributed by atoms with van der Waals surface area (Å²) in [5, 5.41) is 0. The molecule has 2 heterocycles. The van der Waals surface area contributed by atoms with Crippen LogP contribution in [0.2, 0.25) is 0 Å². The zero-order valence-electron chi connectivity index (χ0n) is 8.16. The third-order valence-electron chi connectivity index (χ3n) is 2.05. The number of epoxide rings is 1. The highest BCUT2D eigenvalue weighted by Crippen LogP contribution is 2.28. The maximum absolute atomic E-state index is 9.59. The van der Waals surface area contributed by atoms with Crippen LogP contribution < -0.4 is 0 Å². The van der Waals surface area contributed by atoms with Crippen molar-refractivity contribution in [1.29, 1.82) is 0 Å². The van der Waals surface area contributed by atoms with E-state index in [0.29, 0.717) is 12.2 Å². The molecule has 1 saturated heterocycles. The lowest BCUT2D eigenvalue weighted by molar-refractivity contribution is -0.136. The Kier molecular flexibility index (Phi) is 3.96. The van der Waals surface area contributed by atoms with Crippen LogP contribution in [0.5, 0.6) is 0 Å². The van der Waals surface area contributed by atoms with Crippen molar-refractivity contribution in [2.75, 3.05) is 0 Å². The number of ether oxygens (including phenoxy) is 2. The highest BCUT2D eigenvalue weighted by molar-refractivity contribution is 5.86. The molecule has 0 aliphatic carbocycles. The predicted molar refractivity (Wildman–Crippen MR) is 49.1 cm³/mol. The van der Waals surface area contributed by atoms with Crippen LogP contribution in [0.4, 0.5) is 0 Å². The lowest BCUT2D eigenvalue weighted by Gasteiger charge is -1.96. The van der Waals surface area contributed by atoms with Crippen molar-refractivity contribution in [3.05, 3.63) is 12.3 Å². The van der Waals surface area contributed by atoms with Gasteiger partial charge >= 0.3 is 5.97 Å². The second-order valence-electron chi connectivity index (χ2n) is 3.15. The molecule has 0 aromatic heterocycles. The molecule has 1 fully saturated rings. The minimum Gasteiger partial charge on any atom is -0.431 e. The Hall–Kier alpha value is -0.830. The number of hydrogen-bond acceptors (Lipinski definition) is 3. The third kappa shape index (κ3) is 3.59. The van der Waals surface area contributed by atoms with Gasteiger partial charge in [-0.3, -0.25) is 0 Å². The summed E-state index contributed by atoms with van der Waals surface area (Å²) in [7, 11) is 0. The second kappa shape index (κ2) is 5.02. The first-order valence-electron chi connectivity index (χ1n) is 4.80. The van der Waals surface area contributed by atoms with Gasteiger partial charge in [-0.2, -0.15) is 0 Å². The molecular weight excluding hydrogens is 168 g/mol. The number of carbonyl (C=O) groups excluding carboxylic acids is 1. The predicted octanol–water partition coefficient (Wildman–Crippen LogP) is 2.02. The zero-order chi connectivity index (χ0) is 9.68. The Labute approximate surface area is 78.7 Å². The Balaban J connectivity index is 0.000000145. The van der Waals surface area contributed by atoms with Crippen LogP contribution >= 0.6 is 0 Å². The van der Waals surface area contributed by atoms with Gasteiger partial charge in [-0.1, -0.05) is 20.3 Å². The molecule has 2 atom stereocenters. The maximum Gasteiger partial charge on any atom is 0.338 e. The smallest absolute Gasteiger partial charge is 0.338 e. The molecular formula is C10H16O3. The van der Waals surface area contributed by atoms with E-state index in [1.165, 1.54) is 31.6 Å². The molecule has 0 aromatic rings. The van der Waals surface area contributed by atoms with Crippen LogP contribution in [0.15, 0.2) is 12.3 Å². The van der Waals surface area contributed by atoms with Crippen LogP contribution in [0, 0.1) is 0 Å². The number of carbonyl (C=O) groups is 1. The van der Waals surface area contributed by atoms with Crippen LogP contribution in [-0.4, -0.2) is 18.2 Å². The Morgan fingerprint density at radius 1 is 1.38 bits per heavy atom. The fourth-order valence-electron chi connectivity index (χ4n) is 1.20. The fraction of sp³-hybridized carbons (Fsp3) is 0.700. The molecule has 0 N–H and O–H groups in total. The number of cyclic esters (lactones) is 1. The third-order valence-corrected chi connectivity index (χ3v) is 2.05. The van der Waals surface area contributed by atoms with Crippen LogP contribution in [0.1, 0.15) is 33.1 Å². The van der Waals surface area contributed by atoms with Gasteiger partial charge in [0.1, 0.15) is 6.26 Å². The summed E-state index contributed by atoms with van der Waals surface area (Å²) in [6, 6.07) is 0. The summed E-state index contributed by atoms with van der Waals surface area (Å²) in [6.07, 6.45) is 7.69. The lowest BCUT2D eigenvalue weighted by atomic mass is 10.2. The van der Waals surface area contributed by atoms with E-state index in [9.17, 15) is 4.79 Å². The first kappa shape index (κ1) is 10.3. The molecule has 0 radical (unpaired) electrons. The summed E-state index contributed by atoms with van der Waals surface area (Å²) in [6.45, 7) is 4.38. The number of rotatable bonds is 3. The molecule has 13 heavy (non-hydrogen) atoms. The van der Waals surface area contributed by atoms with Gasteiger partial charge in [0.25, 0.3) is 0 Å². The van der Waals surface area contributed by atoms with E-state index in [4.69, 9.17) is 4.74 Å². The highest BCUT2D eigenvalue weighted by Gasteiger charge is 2.35. The Morgan fingerprint density at radius 3 is 2.23 bits per heavy atom. The normalized spacial score (nSPS) is 28.3. The van der Waals surface area contributed by atoms with Crippen molar-refractivity contribution >= 4 is 5.97 Å². The summed E-state index contributed by atoms with van der Waals surface area (Å²) in [5.41, 5.74) is 0. The van der Waals surface area contributed by atoms with Gasteiger partial charge < -0.3 is 9.47 Å². The zero-order valence-corrected chi connectivity index (χ0v) is 8.16. The van der Waals surface area contributed by atoms with E-state index in [1.807, 2.05) is 0 Å². The quantitative estimate of drug-likeness (QED) is 0.497. The molecule has 74 valence electrons. The molecule has 2 rings (SSSR count). The monoisotopic (exact) mass is 184 g/mol. The van der Waals surface area contributed by atoms with Gasteiger partial charge in [-0.25, -0.2) is 4.79 Å². The topological polar surface area (TPSA) is 38.8 Å². The van der Waals surface area contributed by atoms with E-state index in [-0.39, 0.29) is 5.97 Å². The molecule has 3 nitrogen and oxygen atoms in total. The maximum atomic E-state index is 9.59. The fourth-order valence-corrected chi connectivity index (χ4v) is 1.20. The van der Waals surface area contributed by atoms with E-state index < -0.39 is 0 Å². The average molecular weight is 184 g/mol. The van der Waals surface area contributed by atoms with Crippen molar-refractivity contribution in [3.8, 4) is 0 Å². The van der Waals surface area contributed by atoms with E-state index in [2.05, 4.69) is 18.6 Å². The minimum atomic E-state index is -0.245. The summed E-state index contributed by atoms with van der Waals surface area (Å²) >= 11 is 0. The average Bonchev–Trinajstić information content (AvgIpc) is 2.82. The van der Waals surface area contributed by atoms with E-state index in [0.717, 1.165) is 0 Å². The SMILES string of the molecule is CCCC1OC1CC.O=C1C=CO1. The molecule has 0 spiro atoms. The van der Waals surface area contributed by atoms with Crippen molar-refractivity contribution in [1.82, 2.24) is 0 Å². The van der Waals surface area contributed by atoms with Crippen molar-refractivity contribution < 1.29 is 14.3 Å². The first-order chi connectivity index (χ1) is 6.27. The van der Waals surface area contributed by atoms with E-state index >= 15 is 0 Å². The standard InChI is InChI=1S/C7H14O.C3H2O2/c1-3-5-7-6(4-2)8-7;4-3-1-2-5-3/h6-7H,3-5H2,1-2H3;1-2H. The summed E-state index contributed by atoms with van der Waals surface area (Å²) < 4.78 is 9.42. The number of esters is 1. The van der Waals surface area contributed by atoms with Gasteiger partial charge in [-0.05, 0) is 12.8 Å². The summed E-state index contributed by atoms with van der Waals surface area (Å²) in [5.74, 6) is -0.245. The molecule has 0 aromatic carbocycles. The van der Waals surface area contributed by atoms with Gasteiger partial charge in [0.2, 0.25) is 0 Å². The van der Waals surface area contributed by atoms with Gasteiger partial charge in [-0.15, -0.1) is 0 Å². The largest absolute Gasteiger partial charge is 0.431 e.